The van der Waals surface area contributed by atoms with Gasteiger partial charge in [0.2, 0.25) is 0 Å². The van der Waals surface area contributed by atoms with Crippen molar-refractivity contribution in [1.29, 1.82) is 0 Å². The molecule has 0 aromatic carbocycles. The topological polar surface area (TPSA) is 29.5 Å². The molecule has 1 unspecified atom stereocenters. The Balaban J connectivity index is 1.62. The van der Waals surface area contributed by atoms with Gasteiger partial charge in [0.25, 0.3) is 0 Å². The highest BCUT2D eigenvalue weighted by molar-refractivity contribution is 4.85. The maximum atomic E-state index is 10.6. The van der Waals surface area contributed by atoms with Crippen LogP contribution in [-0.4, -0.2) is 23.4 Å². The van der Waals surface area contributed by atoms with Crippen molar-refractivity contribution in [3.63, 3.8) is 0 Å². The zero-order valence-electron chi connectivity index (χ0n) is 12.0. The smallest absolute Gasteiger partial charge is 0.0648 e. The molecule has 0 aromatic heterocycles. The fraction of sp³-hybridized carbons (Fsp3) is 1.00. The van der Waals surface area contributed by atoms with Crippen molar-refractivity contribution in [3.05, 3.63) is 0 Å². The molecular weight excluding hydrogens is 224 g/mol. The highest BCUT2D eigenvalue weighted by atomic mass is 16.5. The predicted molar refractivity (Wildman–Crippen MR) is 74.6 cm³/mol. The Bertz CT molecular complexity index is 225. The lowest BCUT2D eigenvalue weighted by atomic mass is 9.75. The van der Waals surface area contributed by atoms with Gasteiger partial charge in [0.05, 0.1) is 11.7 Å². The highest BCUT2D eigenvalue weighted by Gasteiger charge is 2.32. The van der Waals surface area contributed by atoms with Crippen LogP contribution in [0.2, 0.25) is 0 Å². The Kier molecular flexibility index (Phi) is 5.50. The molecule has 0 spiro atoms. The average molecular weight is 254 g/mol. The van der Waals surface area contributed by atoms with Crippen LogP contribution in [-0.2, 0) is 4.74 Å². The summed E-state index contributed by atoms with van der Waals surface area (Å²) in [7, 11) is 0. The average Bonchev–Trinajstić information content (AvgIpc) is 2.86. The summed E-state index contributed by atoms with van der Waals surface area (Å²) in [5.74, 6) is 0.883. The van der Waals surface area contributed by atoms with Gasteiger partial charge >= 0.3 is 0 Å². The molecular formula is C16H30O2. The summed E-state index contributed by atoms with van der Waals surface area (Å²) in [6.45, 7) is 3.22. The molecule has 18 heavy (non-hydrogen) atoms. The van der Waals surface area contributed by atoms with Gasteiger partial charge in [-0.1, -0.05) is 19.8 Å². The molecule has 1 heterocycles. The van der Waals surface area contributed by atoms with Crippen LogP contribution in [0.25, 0.3) is 0 Å². The van der Waals surface area contributed by atoms with Gasteiger partial charge in [0.15, 0.2) is 0 Å². The van der Waals surface area contributed by atoms with E-state index in [-0.39, 0.29) is 5.60 Å². The Morgan fingerprint density at radius 1 is 1.17 bits per heavy atom. The molecule has 1 saturated carbocycles. The van der Waals surface area contributed by atoms with Crippen molar-refractivity contribution < 1.29 is 9.84 Å². The summed E-state index contributed by atoms with van der Waals surface area (Å²) < 4.78 is 5.64. The molecule has 0 radical (unpaired) electrons. The zero-order valence-corrected chi connectivity index (χ0v) is 12.0. The maximum absolute atomic E-state index is 10.6. The van der Waals surface area contributed by atoms with Crippen LogP contribution in [0.1, 0.15) is 77.6 Å². The monoisotopic (exact) mass is 254 g/mol. The van der Waals surface area contributed by atoms with E-state index in [2.05, 4.69) is 6.92 Å². The van der Waals surface area contributed by atoms with Gasteiger partial charge in [-0.3, -0.25) is 0 Å². The van der Waals surface area contributed by atoms with E-state index in [0.717, 1.165) is 44.6 Å². The summed E-state index contributed by atoms with van der Waals surface area (Å²) in [4.78, 5) is 0. The lowest BCUT2D eigenvalue weighted by Crippen LogP contribution is -2.34. The van der Waals surface area contributed by atoms with Crippen LogP contribution in [0.15, 0.2) is 0 Å². The molecule has 0 aromatic rings. The largest absolute Gasteiger partial charge is 0.390 e. The van der Waals surface area contributed by atoms with E-state index < -0.39 is 0 Å². The molecule has 1 N–H and O–H groups in total. The predicted octanol–water partition coefficient (Wildman–Crippen LogP) is 4.06. The molecule has 2 fully saturated rings. The van der Waals surface area contributed by atoms with E-state index in [9.17, 15) is 5.11 Å². The highest BCUT2D eigenvalue weighted by Crippen LogP contribution is 2.37. The second-order valence-corrected chi connectivity index (χ2v) is 6.48. The van der Waals surface area contributed by atoms with Gasteiger partial charge in [-0.2, -0.15) is 0 Å². The van der Waals surface area contributed by atoms with E-state index in [4.69, 9.17) is 4.74 Å². The van der Waals surface area contributed by atoms with Crippen LogP contribution in [0.3, 0.4) is 0 Å². The number of ether oxygens (including phenoxy) is 1. The normalized spacial score (nSPS) is 37.0. The van der Waals surface area contributed by atoms with Crippen LogP contribution >= 0.6 is 0 Å². The van der Waals surface area contributed by atoms with E-state index in [1.54, 1.807) is 0 Å². The molecule has 2 aliphatic rings. The van der Waals surface area contributed by atoms with E-state index in [1.807, 2.05) is 0 Å². The molecule has 106 valence electrons. The number of hydrogen-bond donors (Lipinski definition) is 1. The minimum absolute atomic E-state index is 0.344. The second-order valence-electron chi connectivity index (χ2n) is 6.48. The van der Waals surface area contributed by atoms with Crippen LogP contribution in [0, 0.1) is 5.92 Å². The summed E-state index contributed by atoms with van der Waals surface area (Å²) in [5, 5.41) is 10.6. The zero-order chi connectivity index (χ0) is 12.8. The van der Waals surface area contributed by atoms with E-state index in [1.165, 1.54) is 38.5 Å². The van der Waals surface area contributed by atoms with Crippen molar-refractivity contribution in [2.24, 2.45) is 5.92 Å². The van der Waals surface area contributed by atoms with Gasteiger partial charge in [0.1, 0.15) is 0 Å². The lowest BCUT2D eigenvalue weighted by Gasteiger charge is -2.36. The molecule has 1 atom stereocenters. The quantitative estimate of drug-likeness (QED) is 0.774. The molecule has 2 heteroatoms. The fourth-order valence-electron chi connectivity index (χ4n) is 3.69. The second kappa shape index (κ2) is 6.91. The van der Waals surface area contributed by atoms with Gasteiger partial charge in [-0.25, -0.2) is 0 Å². The van der Waals surface area contributed by atoms with Crippen LogP contribution < -0.4 is 0 Å². The third-order valence-electron chi connectivity index (χ3n) is 4.93. The van der Waals surface area contributed by atoms with Crippen LogP contribution in [0.5, 0.6) is 0 Å². The first-order chi connectivity index (χ1) is 8.72. The summed E-state index contributed by atoms with van der Waals surface area (Å²) in [5.41, 5.74) is -0.344. The summed E-state index contributed by atoms with van der Waals surface area (Å²) in [6, 6.07) is 0. The third kappa shape index (κ3) is 4.24. The first kappa shape index (κ1) is 14.3. The van der Waals surface area contributed by atoms with Gasteiger partial charge in [0, 0.05) is 6.61 Å². The maximum Gasteiger partial charge on any atom is 0.0648 e. The van der Waals surface area contributed by atoms with Crippen molar-refractivity contribution in [2.45, 2.75) is 89.3 Å². The van der Waals surface area contributed by atoms with Gasteiger partial charge in [-0.05, 0) is 63.7 Å². The molecule has 0 amide bonds. The van der Waals surface area contributed by atoms with Crippen molar-refractivity contribution >= 4 is 0 Å². The minimum Gasteiger partial charge on any atom is -0.390 e. The summed E-state index contributed by atoms with van der Waals surface area (Å²) in [6.07, 6.45) is 13.4. The number of hydrogen-bond acceptors (Lipinski definition) is 2. The van der Waals surface area contributed by atoms with Crippen molar-refractivity contribution in [3.8, 4) is 0 Å². The third-order valence-corrected chi connectivity index (χ3v) is 4.93. The lowest BCUT2D eigenvalue weighted by molar-refractivity contribution is -0.0220. The summed E-state index contributed by atoms with van der Waals surface area (Å²) >= 11 is 0. The van der Waals surface area contributed by atoms with Gasteiger partial charge < -0.3 is 9.84 Å². The standard InChI is InChI=1S/C16H30O2/c1-2-5-14-8-11-16(17,12-9-14)10-3-6-15-7-4-13-18-15/h14-15,17H,2-13H2,1H3. The SMILES string of the molecule is CCCC1CCC(O)(CCCC2CCCO2)CC1. The molecule has 1 aliphatic carbocycles. The Labute approximate surface area is 112 Å². The molecule has 2 rings (SSSR count). The molecule has 2 nitrogen and oxygen atoms in total. The Morgan fingerprint density at radius 3 is 2.56 bits per heavy atom. The molecule has 1 saturated heterocycles. The first-order valence-electron chi connectivity index (χ1n) is 8.06. The van der Waals surface area contributed by atoms with Crippen molar-refractivity contribution in [2.75, 3.05) is 6.61 Å². The number of aliphatic hydroxyl groups is 1. The molecule has 1 aliphatic heterocycles. The Morgan fingerprint density at radius 2 is 1.94 bits per heavy atom. The minimum atomic E-state index is -0.344. The Hall–Kier alpha value is -0.0800. The number of rotatable bonds is 6. The fourth-order valence-corrected chi connectivity index (χ4v) is 3.69. The van der Waals surface area contributed by atoms with Gasteiger partial charge in [-0.15, -0.1) is 0 Å². The first-order valence-corrected chi connectivity index (χ1v) is 8.06. The van der Waals surface area contributed by atoms with Crippen molar-refractivity contribution in [1.82, 2.24) is 0 Å². The van der Waals surface area contributed by atoms with E-state index in [0.29, 0.717) is 6.10 Å². The molecule has 0 bridgehead atoms. The van der Waals surface area contributed by atoms with Crippen LogP contribution in [0.4, 0.5) is 0 Å². The van der Waals surface area contributed by atoms with E-state index >= 15 is 0 Å².